The van der Waals surface area contributed by atoms with Crippen LogP contribution in [0.1, 0.15) is 12.8 Å². The van der Waals surface area contributed by atoms with E-state index in [-0.39, 0.29) is 24.2 Å². The van der Waals surface area contributed by atoms with E-state index in [2.05, 4.69) is 20.3 Å². The molecule has 2 fully saturated rings. The molecule has 0 aliphatic carbocycles. The summed E-state index contributed by atoms with van der Waals surface area (Å²) in [5, 5.41) is 3.23. The Morgan fingerprint density at radius 1 is 0.724 bits per heavy atom. The first-order valence-electron chi connectivity index (χ1n) is 9.91. The fraction of sp³-hybridized carbons (Fsp3) is 0.556. The summed E-state index contributed by atoms with van der Waals surface area (Å²) in [6, 6.07) is 3.62. The smallest absolute Gasteiger partial charge is 0.233 e. The molecule has 29 heavy (non-hydrogen) atoms. The lowest BCUT2D eigenvalue weighted by molar-refractivity contribution is 0.441. The maximum absolute atomic E-state index is 6.17. The van der Waals surface area contributed by atoms with Crippen LogP contribution in [0.15, 0.2) is 24.5 Å². The number of hydrogen-bond donors (Lipinski definition) is 5. The van der Waals surface area contributed by atoms with Crippen molar-refractivity contribution in [3.8, 4) is 0 Å². The molecule has 2 aromatic heterocycles. The van der Waals surface area contributed by atoms with Gasteiger partial charge in [-0.25, -0.2) is 0 Å². The fourth-order valence-electron chi connectivity index (χ4n) is 3.94. The minimum absolute atomic E-state index is 0.0209. The van der Waals surface area contributed by atoms with E-state index in [1.807, 2.05) is 21.9 Å². The van der Waals surface area contributed by atoms with Crippen LogP contribution < -0.4 is 38.1 Å². The van der Waals surface area contributed by atoms with Gasteiger partial charge >= 0.3 is 0 Å². The highest BCUT2D eigenvalue weighted by Crippen LogP contribution is 2.23. The molecule has 0 bridgehead atoms. The van der Waals surface area contributed by atoms with E-state index < -0.39 is 0 Å². The number of hydrogen-bond acceptors (Lipinski definition) is 11. The first-order chi connectivity index (χ1) is 14.0. The van der Waals surface area contributed by atoms with Gasteiger partial charge in [-0.3, -0.25) is 4.98 Å². The Hall–Kier alpha value is -2.60. The maximum atomic E-state index is 6.17. The fourth-order valence-corrected chi connectivity index (χ4v) is 3.94. The average molecular weight is 400 g/mol. The number of rotatable bonds is 4. The van der Waals surface area contributed by atoms with Crippen molar-refractivity contribution in [1.82, 2.24) is 19.9 Å². The lowest BCUT2D eigenvalue weighted by Gasteiger charge is -2.37. The number of nitrogens with two attached hydrogens (primary N) is 4. The summed E-state index contributed by atoms with van der Waals surface area (Å²) in [6.07, 6.45) is 4.98. The summed E-state index contributed by atoms with van der Waals surface area (Å²) >= 11 is 0. The third-order valence-corrected chi connectivity index (χ3v) is 5.14. The minimum atomic E-state index is -0.0209. The van der Waals surface area contributed by atoms with E-state index in [0.29, 0.717) is 44.0 Å². The Bertz CT molecular complexity index is 752. The molecule has 0 radical (unpaired) electrons. The van der Waals surface area contributed by atoms with Crippen molar-refractivity contribution in [2.24, 2.45) is 22.9 Å². The second-order valence-electron chi connectivity index (χ2n) is 7.94. The van der Waals surface area contributed by atoms with Gasteiger partial charge in [0.1, 0.15) is 0 Å². The molecule has 4 atom stereocenters. The normalized spacial score (nSPS) is 27.7. The van der Waals surface area contributed by atoms with Crippen LogP contribution in [-0.4, -0.2) is 70.3 Å². The summed E-state index contributed by atoms with van der Waals surface area (Å²) < 4.78 is 0. The number of nitrogens with one attached hydrogen (secondary N) is 1. The highest BCUT2D eigenvalue weighted by molar-refractivity contribution is 5.55. The number of anilines is 4. The molecule has 0 spiro atoms. The van der Waals surface area contributed by atoms with Crippen LogP contribution in [-0.2, 0) is 0 Å². The van der Waals surface area contributed by atoms with Crippen LogP contribution in [0.25, 0.3) is 0 Å². The molecule has 4 rings (SSSR count). The van der Waals surface area contributed by atoms with Gasteiger partial charge in [0.2, 0.25) is 17.8 Å². The molecular formula is C18H29N11. The van der Waals surface area contributed by atoms with Gasteiger partial charge in [-0.05, 0) is 25.0 Å². The lowest BCUT2D eigenvalue weighted by atomic mass is 10.0. The van der Waals surface area contributed by atoms with E-state index in [1.165, 1.54) is 0 Å². The molecule has 4 heterocycles. The number of pyridine rings is 1. The number of nitrogens with zero attached hydrogens (tertiary/aromatic N) is 6. The van der Waals surface area contributed by atoms with E-state index >= 15 is 0 Å². The predicted octanol–water partition coefficient (Wildman–Crippen LogP) is -1.26. The van der Waals surface area contributed by atoms with Crippen LogP contribution in [0.4, 0.5) is 23.5 Å². The Labute approximate surface area is 169 Å². The van der Waals surface area contributed by atoms with Crippen molar-refractivity contribution in [1.29, 1.82) is 0 Å². The zero-order chi connectivity index (χ0) is 20.4. The molecule has 0 saturated carbocycles. The van der Waals surface area contributed by atoms with Crippen molar-refractivity contribution in [3.63, 3.8) is 0 Å². The highest BCUT2D eigenvalue weighted by Gasteiger charge is 2.28. The van der Waals surface area contributed by atoms with Gasteiger partial charge in [-0.15, -0.1) is 0 Å². The molecule has 0 amide bonds. The van der Waals surface area contributed by atoms with Crippen molar-refractivity contribution in [2.45, 2.75) is 37.0 Å². The van der Waals surface area contributed by atoms with Gasteiger partial charge in [0.05, 0.1) is 0 Å². The summed E-state index contributed by atoms with van der Waals surface area (Å²) in [4.78, 5) is 22.0. The third kappa shape index (κ3) is 4.88. The van der Waals surface area contributed by atoms with Crippen LogP contribution >= 0.6 is 0 Å². The third-order valence-electron chi connectivity index (χ3n) is 5.14. The molecule has 9 N–H and O–H groups in total. The average Bonchev–Trinajstić information content (AvgIpc) is 2.67. The van der Waals surface area contributed by atoms with Crippen LogP contribution in [0.5, 0.6) is 0 Å². The summed E-state index contributed by atoms with van der Waals surface area (Å²) in [6.45, 7) is 2.57. The molecule has 11 heteroatoms. The van der Waals surface area contributed by atoms with Crippen LogP contribution in [0.3, 0.4) is 0 Å². The Morgan fingerprint density at radius 3 is 1.62 bits per heavy atom. The molecule has 0 aromatic carbocycles. The SMILES string of the molecule is NC1CC(N)CN(c2nc(Nc3ccncc3)nc(N3CC(N)CC(N)C3)n2)C1. The van der Waals surface area contributed by atoms with Crippen molar-refractivity contribution < 1.29 is 0 Å². The van der Waals surface area contributed by atoms with Crippen molar-refractivity contribution in [2.75, 3.05) is 41.3 Å². The summed E-state index contributed by atoms with van der Waals surface area (Å²) in [5.74, 6) is 1.53. The molecule has 2 aliphatic heterocycles. The second-order valence-corrected chi connectivity index (χ2v) is 7.94. The van der Waals surface area contributed by atoms with E-state index in [0.717, 1.165) is 18.5 Å². The standard InChI is InChI=1S/C18H29N11/c19-11-5-12(20)8-28(7-11)17-25-16(24-15-1-3-23-4-2-15)26-18(27-17)29-9-13(21)6-14(22)10-29/h1-4,11-14H,5-10,19-22H2,(H,23,24,25,26,27). The lowest BCUT2D eigenvalue weighted by Crippen LogP contribution is -2.54. The maximum Gasteiger partial charge on any atom is 0.233 e. The van der Waals surface area contributed by atoms with E-state index in [4.69, 9.17) is 27.9 Å². The molecule has 4 unspecified atom stereocenters. The largest absolute Gasteiger partial charge is 0.338 e. The van der Waals surface area contributed by atoms with Gasteiger partial charge in [-0.2, -0.15) is 15.0 Å². The molecule has 156 valence electrons. The molecule has 11 nitrogen and oxygen atoms in total. The zero-order valence-corrected chi connectivity index (χ0v) is 16.4. The zero-order valence-electron chi connectivity index (χ0n) is 16.4. The van der Waals surface area contributed by atoms with Crippen LogP contribution in [0.2, 0.25) is 0 Å². The number of piperidine rings is 2. The van der Waals surface area contributed by atoms with Gasteiger partial charge in [0, 0.05) is 68.4 Å². The summed E-state index contributed by atoms with van der Waals surface area (Å²) in [5.41, 5.74) is 25.5. The van der Waals surface area contributed by atoms with Crippen molar-refractivity contribution in [3.05, 3.63) is 24.5 Å². The second kappa shape index (κ2) is 8.41. The molecule has 2 aliphatic rings. The van der Waals surface area contributed by atoms with Gasteiger partial charge in [-0.1, -0.05) is 0 Å². The highest BCUT2D eigenvalue weighted by atomic mass is 15.4. The number of aromatic nitrogens is 4. The predicted molar refractivity (Wildman–Crippen MR) is 113 cm³/mol. The van der Waals surface area contributed by atoms with E-state index in [1.54, 1.807) is 12.4 Å². The minimum Gasteiger partial charge on any atom is -0.338 e. The first-order valence-corrected chi connectivity index (χ1v) is 9.91. The Balaban J connectivity index is 1.67. The van der Waals surface area contributed by atoms with Gasteiger partial charge in [0.15, 0.2) is 0 Å². The quantitative estimate of drug-likeness (QED) is 0.415. The van der Waals surface area contributed by atoms with Crippen molar-refractivity contribution >= 4 is 23.5 Å². The van der Waals surface area contributed by atoms with Gasteiger partial charge < -0.3 is 38.1 Å². The van der Waals surface area contributed by atoms with Gasteiger partial charge in [0.25, 0.3) is 0 Å². The molecule has 2 saturated heterocycles. The molecule has 2 aromatic rings. The van der Waals surface area contributed by atoms with Crippen LogP contribution in [0, 0.1) is 0 Å². The monoisotopic (exact) mass is 399 g/mol. The molecular weight excluding hydrogens is 370 g/mol. The van der Waals surface area contributed by atoms with E-state index in [9.17, 15) is 0 Å². The topological polar surface area (TPSA) is 174 Å². The Morgan fingerprint density at radius 2 is 1.17 bits per heavy atom. The Kier molecular flexibility index (Phi) is 5.72. The summed E-state index contributed by atoms with van der Waals surface area (Å²) in [7, 11) is 0. The first kappa shape index (κ1) is 19.7.